The smallest absolute Gasteiger partial charge is 0.222 e. The van der Waals surface area contributed by atoms with E-state index in [1.54, 1.807) is 0 Å². The predicted molar refractivity (Wildman–Crippen MR) is 98.6 cm³/mol. The summed E-state index contributed by atoms with van der Waals surface area (Å²) in [6.07, 6.45) is 0. The second-order valence-corrected chi connectivity index (χ2v) is 6.71. The molecule has 24 heavy (non-hydrogen) atoms. The number of para-hydroxylation sites is 1. The minimum Gasteiger partial charge on any atom is -0.358 e. The van der Waals surface area contributed by atoms with Crippen molar-refractivity contribution in [2.75, 3.05) is 7.05 Å². The standard InChI is InChI=1S/C21H24N2O/c1-14-9-5-6-10-17(14)13-23(4)16(3)21(24)20-15(2)22-19-12-8-7-11-18(19)20/h5-12,16,22H,13H2,1-4H3/p+1/t16-/m0/s1. The first-order chi connectivity index (χ1) is 11.5. The lowest BCUT2D eigenvalue weighted by atomic mass is 10.0. The van der Waals surface area contributed by atoms with Crippen LogP contribution in [0.4, 0.5) is 0 Å². The fourth-order valence-corrected chi connectivity index (χ4v) is 3.30. The first kappa shape index (κ1) is 16.5. The van der Waals surface area contributed by atoms with Gasteiger partial charge in [-0.05, 0) is 32.4 Å². The minimum atomic E-state index is -0.0949. The summed E-state index contributed by atoms with van der Waals surface area (Å²) in [5.41, 5.74) is 5.39. The Morgan fingerprint density at radius 3 is 2.50 bits per heavy atom. The molecule has 3 rings (SSSR count). The van der Waals surface area contributed by atoms with Crippen LogP contribution >= 0.6 is 0 Å². The normalized spacial score (nSPS) is 13.8. The van der Waals surface area contributed by atoms with Gasteiger partial charge < -0.3 is 9.88 Å². The third-order valence-corrected chi connectivity index (χ3v) is 5.00. The number of rotatable bonds is 5. The van der Waals surface area contributed by atoms with Gasteiger partial charge in [0.15, 0.2) is 0 Å². The Balaban J connectivity index is 1.86. The highest BCUT2D eigenvalue weighted by molar-refractivity contribution is 6.10. The molecule has 0 aliphatic rings. The number of hydrogen-bond acceptors (Lipinski definition) is 1. The number of quaternary nitrogens is 1. The van der Waals surface area contributed by atoms with E-state index >= 15 is 0 Å². The lowest BCUT2D eigenvalue weighted by Crippen LogP contribution is -3.12. The van der Waals surface area contributed by atoms with E-state index in [1.165, 1.54) is 16.0 Å². The summed E-state index contributed by atoms with van der Waals surface area (Å²) in [4.78, 5) is 17.7. The van der Waals surface area contributed by atoms with Crippen LogP contribution in [0.25, 0.3) is 10.9 Å². The number of benzene rings is 2. The van der Waals surface area contributed by atoms with E-state index in [4.69, 9.17) is 0 Å². The van der Waals surface area contributed by atoms with Crippen molar-refractivity contribution in [1.82, 2.24) is 4.98 Å². The molecule has 0 aliphatic carbocycles. The number of likely N-dealkylation sites (N-methyl/N-ethyl adjacent to an activating group) is 1. The number of carbonyl (C=O) groups is 1. The molecule has 2 N–H and O–H groups in total. The molecular formula is C21H25N2O+. The molecule has 0 amide bonds. The summed E-state index contributed by atoms with van der Waals surface area (Å²) in [5, 5.41) is 1.02. The van der Waals surface area contributed by atoms with Crippen LogP contribution in [0, 0.1) is 13.8 Å². The molecule has 124 valence electrons. The highest BCUT2D eigenvalue weighted by Gasteiger charge is 2.27. The lowest BCUT2D eigenvalue weighted by molar-refractivity contribution is -0.907. The third kappa shape index (κ3) is 3.00. The van der Waals surface area contributed by atoms with Crippen LogP contribution in [-0.4, -0.2) is 23.9 Å². The second-order valence-electron chi connectivity index (χ2n) is 6.71. The molecule has 3 nitrogen and oxygen atoms in total. The van der Waals surface area contributed by atoms with Crippen molar-refractivity contribution >= 4 is 16.7 Å². The van der Waals surface area contributed by atoms with Crippen molar-refractivity contribution in [1.29, 1.82) is 0 Å². The molecule has 0 aliphatic heterocycles. The Kier molecular flexibility index (Phi) is 4.54. The molecule has 0 spiro atoms. The average molecular weight is 321 g/mol. The Labute approximate surface area is 143 Å². The molecule has 0 saturated carbocycles. The van der Waals surface area contributed by atoms with Crippen LogP contribution in [0.3, 0.4) is 0 Å². The third-order valence-electron chi connectivity index (χ3n) is 5.00. The topological polar surface area (TPSA) is 37.3 Å². The van der Waals surface area contributed by atoms with Gasteiger partial charge in [0.05, 0.1) is 12.6 Å². The minimum absolute atomic E-state index is 0.0949. The fraction of sp³-hybridized carbons (Fsp3) is 0.286. The number of hydrogen-bond donors (Lipinski definition) is 2. The molecule has 1 aromatic heterocycles. The molecule has 0 saturated heterocycles. The Bertz CT molecular complexity index is 878. The van der Waals surface area contributed by atoms with Crippen LogP contribution in [0.1, 0.15) is 34.1 Å². The van der Waals surface area contributed by atoms with Gasteiger partial charge in [-0.15, -0.1) is 0 Å². The molecule has 1 heterocycles. The largest absolute Gasteiger partial charge is 0.358 e. The van der Waals surface area contributed by atoms with E-state index in [0.29, 0.717) is 0 Å². The summed E-state index contributed by atoms with van der Waals surface area (Å²) in [6, 6.07) is 16.3. The van der Waals surface area contributed by atoms with Gasteiger partial charge in [-0.1, -0.05) is 42.5 Å². The monoisotopic (exact) mass is 321 g/mol. The van der Waals surface area contributed by atoms with Crippen LogP contribution in [-0.2, 0) is 6.54 Å². The highest BCUT2D eigenvalue weighted by Crippen LogP contribution is 2.22. The number of H-pyrrole nitrogens is 1. The SMILES string of the molecule is Cc1ccccc1C[NH+](C)[C@@H](C)C(=O)c1c(C)[nH]c2ccccc12. The van der Waals surface area contributed by atoms with E-state index in [-0.39, 0.29) is 11.8 Å². The van der Waals surface area contributed by atoms with Gasteiger partial charge in [-0.3, -0.25) is 4.79 Å². The Morgan fingerprint density at radius 1 is 1.08 bits per heavy atom. The zero-order chi connectivity index (χ0) is 17.3. The van der Waals surface area contributed by atoms with Crippen LogP contribution in [0.2, 0.25) is 0 Å². The molecule has 2 aromatic carbocycles. The first-order valence-corrected chi connectivity index (χ1v) is 8.47. The number of nitrogens with one attached hydrogen (secondary N) is 2. The first-order valence-electron chi connectivity index (χ1n) is 8.47. The number of aryl methyl sites for hydroxylation is 2. The van der Waals surface area contributed by atoms with E-state index < -0.39 is 0 Å². The molecular weight excluding hydrogens is 296 g/mol. The maximum Gasteiger partial charge on any atom is 0.222 e. The molecule has 0 fully saturated rings. The van der Waals surface area contributed by atoms with E-state index in [2.05, 4.69) is 43.2 Å². The van der Waals surface area contributed by atoms with Gasteiger partial charge in [0.2, 0.25) is 5.78 Å². The molecule has 0 bridgehead atoms. The number of aromatic nitrogens is 1. The fourth-order valence-electron chi connectivity index (χ4n) is 3.30. The van der Waals surface area contributed by atoms with Crippen LogP contribution < -0.4 is 4.90 Å². The predicted octanol–water partition coefficient (Wildman–Crippen LogP) is 3.07. The summed E-state index contributed by atoms with van der Waals surface area (Å²) < 4.78 is 0. The van der Waals surface area contributed by atoms with Gasteiger partial charge in [0.1, 0.15) is 12.6 Å². The van der Waals surface area contributed by atoms with Gasteiger partial charge >= 0.3 is 0 Å². The number of Topliss-reactive ketones (excluding diaryl/α,β-unsaturated/α-hetero) is 1. The highest BCUT2D eigenvalue weighted by atomic mass is 16.1. The van der Waals surface area contributed by atoms with Crippen molar-refractivity contribution in [2.24, 2.45) is 0 Å². The second kappa shape index (κ2) is 6.62. The number of carbonyl (C=O) groups excluding carboxylic acids is 1. The molecule has 3 heteroatoms. The maximum atomic E-state index is 13.1. The number of aromatic amines is 1. The summed E-state index contributed by atoms with van der Waals surface area (Å²) >= 11 is 0. The summed E-state index contributed by atoms with van der Waals surface area (Å²) in [6.45, 7) is 6.98. The maximum absolute atomic E-state index is 13.1. The van der Waals surface area contributed by atoms with Crippen molar-refractivity contribution in [2.45, 2.75) is 33.4 Å². The van der Waals surface area contributed by atoms with E-state index in [9.17, 15) is 4.79 Å². The van der Waals surface area contributed by atoms with Gasteiger partial charge in [0, 0.05) is 22.2 Å². The van der Waals surface area contributed by atoms with E-state index in [1.807, 2.05) is 38.1 Å². The summed E-state index contributed by atoms with van der Waals surface area (Å²) in [5.74, 6) is 0.205. The quantitative estimate of drug-likeness (QED) is 0.696. The number of ketones is 1. The van der Waals surface area contributed by atoms with Crippen molar-refractivity contribution < 1.29 is 9.69 Å². The van der Waals surface area contributed by atoms with Crippen molar-refractivity contribution in [3.63, 3.8) is 0 Å². The van der Waals surface area contributed by atoms with Gasteiger partial charge in [-0.2, -0.15) is 0 Å². The lowest BCUT2D eigenvalue weighted by Gasteiger charge is -2.21. The summed E-state index contributed by atoms with van der Waals surface area (Å²) in [7, 11) is 2.10. The Hall–Kier alpha value is -2.39. The molecule has 3 aromatic rings. The van der Waals surface area contributed by atoms with E-state index in [0.717, 1.165) is 28.7 Å². The van der Waals surface area contributed by atoms with Crippen molar-refractivity contribution in [3.8, 4) is 0 Å². The molecule has 2 atom stereocenters. The van der Waals surface area contributed by atoms with Gasteiger partial charge in [-0.25, -0.2) is 0 Å². The van der Waals surface area contributed by atoms with Crippen LogP contribution in [0.15, 0.2) is 48.5 Å². The van der Waals surface area contributed by atoms with Gasteiger partial charge in [0.25, 0.3) is 0 Å². The van der Waals surface area contributed by atoms with Crippen molar-refractivity contribution in [3.05, 3.63) is 70.9 Å². The zero-order valence-electron chi connectivity index (χ0n) is 14.8. The zero-order valence-corrected chi connectivity index (χ0v) is 14.8. The average Bonchev–Trinajstić information content (AvgIpc) is 2.91. The van der Waals surface area contributed by atoms with Crippen LogP contribution in [0.5, 0.6) is 0 Å². The Morgan fingerprint density at radius 2 is 1.75 bits per heavy atom. The molecule has 0 radical (unpaired) electrons. The number of fused-ring (bicyclic) bond motifs is 1. The molecule has 1 unspecified atom stereocenters.